The molecule has 0 bridgehead atoms. The van der Waals surface area contributed by atoms with Crippen molar-refractivity contribution in [3.63, 3.8) is 0 Å². The molecule has 1 fully saturated rings. The Hall–Kier alpha value is -2.20. The standard InChI is InChI=1S/C16H23N3O6S/c1-26(23,24)18(16(20)9-10-17)14-8-7-12(19(21)22)11-15(14)25-13-5-3-2-4-6-13/h7-8,11,13H,2-6,9-10,17H2,1H3. The van der Waals surface area contributed by atoms with E-state index in [0.29, 0.717) is 4.31 Å². The number of nitro groups is 1. The molecular weight excluding hydrogens is 362 g/mol. The van der Waals surface area contributed by atoms with E-state index in [1.807, 2.05) is 0 Å². The SMILES string of the molecule is CS(=O)(=O)N(C(=O)CCN)c1ccc([N+](=O)[O-])cc1OC1CCCCC1. The Kier molecular flexibility index (Phi) is 6.54. The molecule has 2 N–H and O–H groups in total. The van der Waals surface area contributed by atoms with E-state index in [2.05, 4.69) is 0 Å². The van der Waals surface area contributed by atoms with Gasteiger partial charge in [-0.2, -0.15) is 0 Å². The third kappa shape index (κ3) is 4.92. The predicted molar refractivity (Wildman–Crippen MR) is 96.6 cm³/mol. The number of hydrogen-bond acceptors (Lipinski definition) is 7. The maximum Gasteiger partial charge on any atom is 0.273 e. The van der Waals surface area contributed by atoms with Crippen molar-refractivity contribution < 1.29 is 22.9 Å². The second-order valence-corrected chi connectivity index (χ2v) is 8.08. The van der Waals surface area contributed by atoms with Crippen LogP contribution < -0.4 is 14.8 Å². The lowest BCUT2D eigenvalue weighted by molar-refractivity contribution is -0.384. The third-order valence-electron chi connectivity index (χ3n) is 4.14. The number of sulfonamides is 1. The van der Waals surface area contributed by atoms with E-state index in [0.717, 1.165) is 50.5 Å². The van der Waals surface area contributed by atoms with E-state index in [1.54, 1.807) is 0 Å². The van der Waals surface area contributed by atoms with E-state index in [1.165, 1.54) is 6.07 Å². The van der Waals surface area contributed by atoms with Crippen molar-refractivity contribution in [2.45, 2.75) is 44.6 Å². The highest BCUT2D eigenvalue weighted by Gasteiger charge is 2.30. The number of nitrogens with two attached hydrogens (primary N) is 1. The van der Waals surface area contributed by atoms with Crippen LogP contribution in [0.4, 0.5) is 11.4 Å². The number of nitrogens with zero attached hydrogens (tertiary/aromatic N) is 2. The van der Waals surface area contributed by atoms with Gasteiger partial charge in [-0.15, -0.1) is 0 Å². The van der Waals surface area contributed by atoms with Crippen LogP contribution >= 0.6 is 0 Å². The first kappa shape index (κ1) is 20.1. The molecule has 1 amide bonds. The number of anilines is 1. The molecule has 26 heavy (non-hydrogen) atoms. The first-order chi connectivity index (χ1) is 12.2. The van der Waals surface area contributed by atoms with Crippen molar-refractivity contribution in [1.82, 2.24) is 0 Å². The summed E-state index contributed by atoms with van der Waals surface area (Å²) in [5.74, 6) is -0.695. The maximum absolute atomic E-state index is 12.3. The van der Waals surface area contributed by atoms with Gasteiger partial charge in [-0.3, -0.25) is 14.9 Å². The van der Waals surface area contributed by atoms with Crippen LogP contribution in [0.25, 0.3) is 0 Å². The molecule has 0 aromatic heterocycles. The number of ether oxygens (including phenoxy) is 1. The third-order valence-corrected chi connectivity index (χ3v) is 5.20. The molecule has 144 valence electrons. The quantitative estimate of drug-likeness (QED) is 0.560. The second-order valence-electron chi connectivity index (χ2n) is 6.25. The van der Waals surface area contributed by atoms with Crippen LogP contribution in [-0.4, -0.2) is 38.2 Å². The highest BCUT2D eigenvalue weighted by Crippen LogP contribution is 2.36. The predicted octanol–water partition coefficient (Wildman–Crippen LogP) is 1.95. The van der Waals surface area contributed by atoms with Gasteiger partial charge in [0.15, 0.2) is 5.75 Å². The van der Waals surface area contributed by atoms with Crippen LogP contribution in [0.3, 0.4) is 0 Å². The average molecular weight is 385 g/mol. The lowest BCUT2D eigenvalue weighted by Gasteiger charge is -2.27. The van der Waals surface area contributed by atoms with Gasteiger partial charge in [-0.05, 0) is 31.7 Å². The average Bonchev–Trinajstić information content (AvgIpc) is 2.56. The number of rotatable bonds is 7. The van der Waals surface area contributed by atoms with Gasteiger partial charge in [0.05, 0.1) is 23.3 Å². The lowest BCUT2D eigenvalue weighted by atomic mass is 9.98. The normalized spacial score (nSPS) is 15.5. The summed E-state index contributed by atoms with van der Waals surface area (Å²) >= 11 is 0. The van der Waals surface area contributed by atoms with Gasteiger partial charge >= 0.3 is 0 Å². The Balaban J connectivity index is 2.49. The number of carbonyl (C=O) groups is 1. The number of carbonyl (C=O) groups excluding carboxylic acids is 1. The van der Waals surface area contributed by atoms with Crippen molar-refractivity contribution >= 4 is 27.3 Å². The van der Waals surface area contributed by atoms with Gasteiger partial charge in [0.25, 0.3) is 5.69 Å². The Morgan fingerprint density at radius 1 is 1.35 bits per heavy atom. The first-order valence-electron chi connectivity index (χ1n) is 8.42. The highest BCUT2D eigenvalue weighted by atomic mass is 32.2. The zero-order chi connectivity index (χ0) is 19.3. The van der Waals surface area contributed by atoms with E-state index in [-0.39, 0.29) is 36.2 Å². The molecule has 0 saturated heterocycles. The molecule has 0 atom stereocenters. The monoisotopic (exact) mass is 385 g/mol. The van der Waals surface area contributed by atoms with Crippen LogP contribution in [-0.2, 0) is 14.8 Å². The molecule has 1 aromatic carbocycles. The van der Waals surface area contributed by atoms with E-state index < -0.39 is 20.9 Å². The van der Waals surface area contributed by atoms with Crippen molar-refractivity contribution in [1.29, 1.82) is 0 Å². The molecular formula is C16H23N3O6S. The second kappa shape index (κ2) is 8.45. The summed E-state index contributed by atoms with van der Waals surface area (Å²) < 4.78 is 30.9. The molecule has 0 heterocycles. The number of benzene rings is 1. The molecule has 1 aliphatic carbocycles. The zero-order valence-electron chi connectivity index (χ0n) is 14.6. The van der Waals surface area contributed by atoms with Crippen LogP contribution in [0.5, 0.6) is 5.75 Å². The summed E-state index contributed by atoms with van der Waals surface area (Å²) in [5.41, 5.74) is 5.11. The summed E-state index contributed by atoms with van der Waals surface area (Å²) in [6, 6.07) is 3.54. The first-order valence-corrected chi connectivity index (χ1v) is 10.3. The van der Waals surface area contributed by atoms with Gasteiger partial charge in [0, 0.05) is 19.0 Å². The minimum Gasteiger partial charge on any atom is -0.488 e. The van der Waals surface area contributed by atoms with Crippen molar-refractivity contribution in [2.24, 2.45) is 5.73 Å². The maximum atomic E-state index is 12.3. The zero-order valence-corrected chi connectivity index (χ0v) is 15.4. The largest absolute Gasteiger partial charge is 0.488 e. The molecule has 0 unspecified atom stereocenters. The van der Waals surface area contributed by atoms with E-state index >= 15 is 0 Å². The molecule has 1 aliphatic rings. The molecule has 10 heteroatoms. The number of amides is 1. The fourth-order valence-corrected chi connectivity index (χ4v) is 3.93. The van der Waals surface area contributed by atoms with E-state index in [9.17, 15) is 23.3 Å². The molecule has 2 rings (SSSR count). The fraction of sp³-hybridized carbons (Fsp3) is 0.562. The Bertz CT molecular complexity index is 774. The van der Waals surface area contributed by atoms with Gasteiger partial charge in [0.1, 0.15) is 5.69 Å². The number of hydrogen-bond donors (Lipinski definition) is 1. The fourth-order valence-electron chi connectivity index (χ4n) is 2.96. The summed E-state index contributed by atoms with van der Waals surface area (Å²) in [5, 5.41) is 11.1. The van der Waals surface area contributed by atoms with Crippen LogP contribution in [0, 0.1) is 10.1 Å². The topological polar surface area (TPSA) is 133 Å². The Morgan fingerprint density at radius 3 is 2.54 bits per heavy atom. The number of nitro benzene ring substituents is 1. The minimum atomic E-state index is -3.96. The van der Waals surface area contributed by atoms with Crippen LogP contribution in [0.1, 0.15) is 38.5 Å². The Morgan fingerprint density at radius 2 is 2.00 bits per heavy atom. The molecule has 1 aromatic rings. The van der Waals surface area contributed by atoms with Gasteiger partial charge in [-0.1, -0.05) is 6.42 Å². The van der Waals surface area contributed by atoms with Gasteiger partial charge in [-0.25, -0.2) is 12.7 Å². The minimum absolute atomic E-state index is 0.0156. The summed E-state index contributed by atoms with van der Waals surface area (Å²) in [6.07, 6.45) is 5.13. The molecule has 9 nitrogen and oxygen atoms in total. The van der Waals surface area contributed by atoms with Crippen molar-refractivity contribution in [3.8, 4) is 5.75 Å². The van der Waals surface area contributed by atoms with Crippen molar-refractivity contribution in [2.75, 3.05) is 17.1 Å². The highest BCUT2D eigenvalue weighted by molar-refractivity contribution is 7.92. The van der Waals surface area contributed by atoms with Crippen LogP contribution in [0.2, 0.25) is 0 Å². The van der Waals surface area contributed by atoms with Crippen molar-refractivity contribution in [3.05, 3.63) is 28.3 Å². The smallest absolute Gasteiger partial charge is 0.273 e. The molecule has 1 saturated carbocycles. The summed E-state index contributed by atoms with van der Waals surface area (Å²) in [4.78, 5) is 22.8. The van der Waals surface area contributed by atoms with Gasteiger partial charge in [0.2, 0.25) is 15.9 Å². The summed E-state index contributed by atoms with van der Waals surface area (Å²) in [7, 11) is -3.96. The molecule has 0 radical (unpaired) electrons. The molecule has 0 aliphatic heterocycles. The van der Waals surface area contributed by atoms with Gasteiger partial charge < -0.3 is 10.5 Å². The summed E-state index contributed by atoms with van der Waals surface area (Å²) in [6.45, 7) is -0.0172. The van der Waals surface area contributed by atoms with Crippen LogP contribution in [0.15, 0.2) is 18.2 Å². The Labute approximate surface area is 152 Å². The lowest BCUT2D eigenvalue weighted by Crippen LogP contribution is -2.37. The van der Waals surface area contributed by atoms with E-state index in [4.69, 9.17) is 10.5 Å². The number of non-ortho nitro benzene ring substituents is 1. The molecule has 0 spiro atoms.